The molecule has 0 fully saturated rings. The summed E-state index contributed by atoms with van der Waals surface area (Å²) >= 11 is 0. The number of benzene rings is 1. The summed E-state index contributed by atoms with van der Waals surface area (Å²) in [6, 6.07) is 11.2. The van der Waals surface area contributed by atoms with Crippen LogP contribution in [0.4, 0.5) is 0 Å². The van der Waals surface area contributed by atoms with E-state index in [2.05, 4.69) is 61.6 Å². The fourth-order valence-corrected chi connectivity index (χ4v) is 2.34. The molecular weight excluding hydrogens is 232 g/mol. The summed E-state index contributed by atoms with van der Waals surface area (Å²) in [7, 11) is 4.28. The lowest BCUT2D eigenvalue weighted by atomic mass is 10.1. The fraction of sp³-hybridized carbons (Fsp3) is 0.647. The van der Waals surface area contributed by atoms with Crippen LogP contribution >= 0.6 is 0 Å². The maximum Gasteiger partial charge on any atom is 0.0449 e. The van der Waals surface area contributed by atoms with E-state index in [1.54, 1.807) is 0 Å². The molecule has 0 saturated heterocycles. The molecule has 0 radical (unpaired) electrons. The van der Waals surface area contributed by atoms with E-state index < -0.39 is 0 Å². The summed E-state index contributed by atoms with van der Waals surface area (Å²) in [6.07, 6.45) is 6.71. The number of rotatable bonds is 10. The van der Waals surface area contributed by atoms with Gasteiger partial charge < -0.3 is 10.2 Å². The van der Waals surface area contributed by atoms with Gasteiger partial charge >= 0.3 is 0 Å². The van der Waals surface area contributed by atoms with Gasteiger partial charge in [0.25, 0.3) is 0 Å². The van der Waals surface area contributed by atoms with E-state index in [0.717, 1.165) is 13.1 Å². The molecule has 0 spiro atoms. The second kappa shape index (κ2) is 9.99. The molecule has 0 bridgehead atoms. The zero-order valence-electron chi connectivity index (χ0n) is 12.9. The first kappa shape index (κ1) is 16.2. The van der Waals surface area contributed by atoms with Gasteiger partial charge in [-0.05, 0) is 32.6 Å². The molecule has 0 aromatic heterocycles. The molecule has 0 aliphatic carbocycles. The number of nitrogens with zero attached hydrogens (tertiary/aromatic N) is 1. The smallest absolute Gasteiger partial charge is 0.0449 e. The molecule has 1 aromatic rings. The van der Waals surface area contributed by atoms with Gasteiger partial charge in [0.1, 0.15) is 0 Å². The van der Waals surface area contributed by atoms with Gasteiger partial charge in [0.2, 0.25) is 0 Å². The zero-order chi connectivity index (χ0) is 13.9. The van der Waals surface area contributed by atoms with E-state index >= 15 is 0 Å². The molecule has 2 heteroatoms. The summed E-state index contributed by atoms with van der Waals surface area (Å²) in [5.74, 6) is 0. The van der Waals surface area contributed by atoms with Crippen LogP contribution in [-0.2, 0) is 0 Å². The van der Waals surface area contributed by atoms with Gasteiger partial charge in [0.15, 0.2) is 0 Å². The van der Waals surface area contributed by atoms with Gasteiger partial charge in [-0.25, -0.2) is 0 Å². The van der Waals surface area contributed by atoms with E-state index in [1.165, 1.54) is 37.7 Å². The lowest BCUT2D eigenvalue weighted by Gasteiger charge is -2.23. The Hall–Kier alpha value is -0.860. The zero-order valence-corrected chi connectivity index (χ0v) is 12.9. The van der Waals surface area contributed by atoms with E-state index in [0.29, 0.717) is 6.04 Å². The summed E-state index contributed by atoms with van der Waals surface area (Å²) in [5, 5.41) is 3.70. The monoisotopic (exact) mass is 262 g/mol. The standard InChI is InChI=1S/C17H30N2/c1-4-5-6-7-11-14-18-17(15-19(2)3)16-12-9-8-10-13-16/h8-10,12-13,17-18H,4-7,11,14-15H2,1-3H3. The molecule has 0 aliphatic rings. The molecule has 1 aromatic carbocycles. The van der Waals surface area contributed by atoms with Crippen molar-refractivity contribution in [1.29, 1.82) is 0 Å². The molecule has 1 atom stereocenters. The highest BCUT2D eigenvalue weighted by molar-refractivity contribution is 5.19. The molecule has 0 saturated carbocycles. The van der Waals surface area contributed by atoms with Crippen LogP contribution in [0.3, 0.4) is 0 Å². The molecule has 19 heavy (non-hydrogen) atoms. The van der Waals surface area contributed by atoms with Crippen molar-refractivity contribution in [2.45, 2.75) is 45.1 Å². The van der Waals surface area contributed by atoms with Crippen molar-refractivity contribution in [1.82, 2.24) is 10.2 Å². The predicted octanol–water partition coefficient (Wildman–Crippen LogP) is 3.85. The fourth-order valence-electron chi connectivity index (χ4n) is 2.34. The molecule has 1 rings (SSSR count). The first-order valence-electron chi connectivity index (χ1n) is 7.67. The Morgan fingerprint density at radius 1 is 1.00 bits per heavy atom. The Labute approximate surface area is 119 Å². The minimum absolute atomic E-state index is 0.447. The third kappa shape index (κ3) is 7.34. The van der Waals surface area contributed by atoms with Gasteiger partial charge in [-0.15, -0.1) is 0 Å². The van der Waals surface area contributed by atoms with Gasteiger partial charge in [0, 0.05) is 12.6 Å². The second-order valence-electron chi connectivity index (χ2n) is 5.59. The largest absolute Gasteiger partial charge is 0.309 e. The Morgan fingerprint density at radius 3 is 2.32 bits per heavy atom. The highest BCUT2D eigenvalue weighted by atomic mass is 15.1. The van der Waals surface area contributed by atoms with Gasteiger partial charge in [-0.1, -0.05) is 62.9 Å². The van der Waals surface area contributed by atoms with E-state index in [-0.39, 0.29) is 0 Å². The van der Waals surface area contributed by atoms with Crippen molar-refractivity contribution in [3.05, 3.63) is 35.9 Å². The second-order valence-corrected chi connectivity index (χ2v) is 5.59. The van der Waals surface area contributed by atoms with E-state index in [4.69, 9.17) is 0 Å². The molecule has 2 nitrogen and oxygen atoms in total. The van der Waals surface area contributed by atoms with Crippen molar-refractivity contribution < 1.29 is 0 Å². The molecule has 0 heterocycles. The van der Waals surface area contributed by atoms with Gasteiger partial charge in [0.05, 0.1) is 0 Å². The van der Waals surface area contributed by atoms with Crippen molar-refractivity contribution >= 4 is 0 Å². The Bertz CT molecular complexity index is 308. The lowest BCUT2D eigenvalue weighted by Crippen LogP contribution is -2.31. The van der Waals surface area contributed by atoms with Crippen LogP contribution in [0.15, 0.2) is 30.3 Å². The maximum atomic E-state index is 3.70. The van der Waals surface area contributed by atoms with Crippen LogP contribution in [-0.4, -0.2) is 32.1 Å². The van der Waals surface area contributed by atoms with Crippen molar-refractivity contribution in [3.63, 3.8) is 0 Å². The van der Waals surface area contributed by atoms with Crippen LogP contribution in [0.25, 0.3) is 0 Å². The summed E-state index contributed by atoms with van der Waals surface area (Å²) in [4.78, 5) is 2.25. The van der Waals surface area contributed by atoms with Crippen LogP contribution in [0.1, 0.15) is 50.6 Å². The van der Waals surface area contributed by atoms with E-state index in [9.17, 15) is 0 Å². The number of hydrogen-bond acceptors (Lipinski definition) is 2. The normalized spacial score (nSPS) is 12.8. The Balaban J connectivity index is 2.34. The third-order valence-electron chi connectivity index (χ3n) is 3.42. The predicted molar refractivity (Wildman–Crippen MR) is 84.5 cm³/mol. The third-order valence-corrected chi connectivity index (χ3v) is 3.42. The van der Waals surface area contributed by atoms with E-state index in [1.807, 2.05) is 0 Å². The topological polar surface area (TPSA) is 15.3 Å². The van der Waals surface area contributed by atoms with Crippen LogP contribution in [0.5, 0.6) is 0 Å². The molecule has 0 aliphatic heterocycles. The number of nitrogens with one attached hydrogen (secondary N) is 1. The first-order valence-corrected chi connectivity index (χ1v) is 7.67. The quantitative estimate of drug-likeness (QED) is 0.644. The molecular formula is C17H30N2. The summed E-state index contributed by atoms with van der Waals surface area (Å²) in [5.41, 5.74) is 1.39. The first-order chi connectivity index (χ1) is 9.24. The Morgan fingerprint density at radius 2 is 1.68 bits per heavy atom. The minimum Gasteiger partial charge on any atom is -0.309 e. The van der Waals surface area contributed by atoms with Crippen LogP contribution < -0.4 is 5.32 Å². The molecule has 1 unspecified atom stereocenters. The molecule has 0 amide bonds. The molecule has 1 N–H and O–H groups in total. The maximum absolute atomic E-state index is 3.70. The van der Waals surface area contributed by atoms with Crippen LogP contribution in [0, 0.1) is 0 Å². The number of unbranched alkanes of at least 4 members (excludes halogenated alkanes) is 4. The Kier molecular flexibility index (Phi) is 8.52. The van der Waals surface area contributed by atoms with Crippen molar-refractivity contribution in [2.24, 2.45) is 0 Å². The highest BCUT2D eigenvalue weighted by Gasteiger charge is 2.10. The molecule has 108 valence electrons. The average Bonchev–Trinajstić information content (AvgIpc) is 2.42. The van der Waals surface area contributed by atoms with Crippen molar-refractivity contribution in [3.8, 4) is 0 Å². The van der Waals surface area contributed by atoms with Crippen molar-refractivity contribution in [2.75, 3.05) is 27.2 Å². The van der Waals surface area contributed by atoms with Gasteiger partial charge in [-0.3, -0.25) is 0 Å². The summed E-state index contributed by atoms with van der Waals surface area (Å²) < 4.78 is 0. The number of hydrogen-bond donors (Lipinski definition) is 1. The highest BCUT2D eigenvalue weighted by Crippen LogP contribution is 2.13. The minimum atomic E-state index is 0.447. The van der Waals surface area contributed by atoms with Crippen LogP contribution in [0.2, 0.25) is 0 Å². The SMILES string of the molecule is CCCCCCCNC(CN(C)C)c1ccccc1. The average molecular weight is 262 g/mol. The number of likely N-dealkylation sites (N-methyl/N-ethyl adjacent to an activating group) is 1. The van der Waals surface area contributed by atoms with Gasteiger partial charge in [-0.2, -0.15) is 0 Å². The summed E-state index contributed by atoms with van der Waals surface area (Å²) in [6.45, 7) is 4.44. The lowest BCUT2D eigenvalue weighted by molar-refractivity contribution is 0.340.